The molecule has 0 atom stereocenters. The Kier molecular flexibility index (Phi) is 3.84. The molecule has 1 aromatic rings. The molecule has 1 aliphatic heterocycles. The van der Waals surface area contributed by atoms with Crippen molar-refractivity contribution in [3.63, 3.8) is 0 Å². The summed E-state index contributed by atoms with van der Waals surface area (Å²) >= 11 is 0. The van der Waals surface area contributed by atoms with Gasteiger partial charge >= 0.3 is 0 Å². The number of nitrogens with one attached hydrogen (secondary N) is 2. The first kappa shape index (κ1) is 12.0. The van der Waals surface area contributed by atoms with E-state index in [2.05, 4.69) is 28.8 Å². The fraction of sp³-hybridized carbons (Fsp3) is 0.625. The van der Waals surface area contributed by atoms with Gasteiger partial charge in [-0.1, -0.05) is 31.4 Å². The van der Waals surface area contributed by atoms with Gasteiger partial charge in [-0.05, 0) is 49.4 Å². The third-order valence-corrected chi connectivity index (χ3v) is 4.33. The summed E-state index contributed by atoms with van der Waals surface area (Å²) in [4.78, 5) is 0. The lowest BCUT2D eigenvalue weighted by Gasteiger charge is -2.22. The molecule has 0 unspecified atom stereocenters. The highest BCUT2D eigenvalue weighted by Gasteiger charge is 2.13. The molecule has 1 heterocycles. The first-order valence-corrected chi connectivity index (χ1v) is 7.51. The van der Waals surface area contributed by atoms with Crippen LogP contribution in [0.15, 0.2) is 18.2 Å². The van der Waals surface area contributed by atoms with Gasteiger partial charge in [-0.15, -0.1) is 0 Å². The molecule has 18 heavy (non-hydrogen) atoms. The molecule has 2 heteroatoms. The molecule has 0 amide bonds. The number of hydrogen-bond acceptors (Lipinski definition) is 2. The number of benzene rings is 1. The molecule has 0 aromatic heterocycles. The van der Waals surface area contributed by atoms with Crippen LogP contribution in [-0.4, -0.2) is 19.1 Å². The second-order valence-electron chi connectivity index (χ2n) is 5.71. The van der Waals surface area contributed by atoms with Gasteiger partial charge in [0.1, 0.15) is 0 Å². The van der Waals surface area contributed by atoms with E-state index < -0.39 is 0 Å². The Bertz CT molecular complexity index is 394. The van der Waals surface area contributed by atoms with Crippen molar-refractivity contribution in [1.82, 2.24) is 5.32 Å². The smallest absolute Gasteiger partial charge is 0.0373 e. The molecular formula is C16H24N2. The zero-order valence-corrected chi connectivity index (χ0v) is 11.2. The zero-order valence-electron chi connectivity index (χ0n) is 11.2. The van der Waals surface area contributed by atoms with Crippen molar-refractivity contribution in [2.24, 2.45) is 0 Å². The lowest BCUT2D eigenvalue weighted by atomic mass is 9.95. The maximum absolute atomic E-state index is 3.72. The molecular weight excluding hydrogens is 220 g/mol. The van der Waals surface area contributed by atoms with E-state index in [4.69, 9.17) is 0 Å². The van der Waals surface area contributed by atoms with Crippen molar-refractivity contribution in [2.45, 2.75) is 51.0 Å². The molecule has 0 spiro atoms. The van der Waals surface area contributed by atoms with Crippen molar-refractivity contribution >= 4 is 5.69 Å². The third kappa shape index (κ3) is 2.86. The van der Waals surface area contributed by atoms with Gasteiger partial charge in [-0.25, -0.2) is 0 Å². The van der Waals surface area contributed by atoms with Crippen molar-refractivity contribution in [1.29, 1.82) is 0 Å². The molecule has 0 saturated heterocycles. The lowest BCUT2D eigenvalue weighted by molar-refractivity contribution is 0.375. The third-order valence-electron chi connectivity index (χ3n) is 4.33. The highest BCUT2D eigenvalue weighted by atomic mass is 14.9. The van der Waals surface area contributed by atoms with Gasteiger partial charge < -0.3 is 10.6 Å². The summed E-state index contributed by atoms with van der Waals surface area (Å²) in [6.45, 7) is 2.25. The van der Waals surface area contributed by atoms with Gasteiger partial charge in [0.25, 0.3) is 0 Å². The average molecular weight is 244 g/mol. The Balaban J connectivity index is 1.48. The summed E-state index contributed by atoms with van der Waals surface area (Å²) in [5.41, 5.74) is 4.34. The van der Waals surface area contributed by atoms with Gasteiger partial charge in [-0.3, -0.25) is 0 Å². The molecule has 1 fully saturated rings. The minimum absolute atomic E-state index is 0.787. The maximum Gasteiger partial charge on any atom is 0.0373 e. The molecule has 2 N–H and O–H groups in total. The molecule has 2 aliphatic rings. The van der Waals surface area contributed by atoms with Crippen molar-refractivity contribution < 1.29 is 0 Å². The zero-order chi connectivity index (χ0) is 12.2. The first-order valence-electron chi connectivity index (χ1n) is 7.51. The van der Waals surface area contributed by atoms with E-state index in [1.54, 1.807) is 0 Å². The van der Waals surface area contributed by atoms with Crippen LogP contribution in [0.4, 0.5) is 5.69 Å². The number of rotatable bonds is 4. The normalized spacial score (nSPS) is 19.6. The summed E-state index contributed by atoms with van der Waals surface area (Å²) in [5.74, 6) is 0. The van der Waals surface area contributed by atoms with E-state index in [9.17, 15) is 0 Å². The predicted molar refractivity (Wildman–Crippen MR) is 77.2 cm³/mol. The topological polar surface area (TPSA) is 24.1 Å². The van der Waals surface area contributed by atoms with Crippen LogP contribution in [0, 0.1) is 0 Å². The van der Waals surface area contributed by atoms with Crippen LogP contribution in [0.25, 0.3) is 0 Å². The molecule has 1 saturated carbocycles. The molecule has 98 valence electrons. The van der Waals surface area contributed by atoms with E-state index in [-0.39, 0.29) is 0 Å². The molecule has 2 nitrogen and oxygen atoms in total. The number of fused-ring (bicyclic) bond motifs is 1. The van der Waals surface area contributed by atoms with Crippen molar-refractivity contribution in [3.05, 3.63) is 29.3 Å². The number of anilines is 1. The van der Waals surface area contributed by atoms with E-state index in [0.29, 0.717) is 0 Å². The van der Waals surface area contributed by atoms with Gasteiger partial charge in [0.15, 0.2) is 0 Å². The van der Waals surface area contributed by atoms with Crippen LogP contribution in [0.1, 0.15) is 43.2 Å². The average Bonchev–Trinajstić information content (AvgIpc) is 2.87. The van der Waals surface area contributed by atoms with Crippen LogP contribution in [0.2, 0.25) is 0 Å². The van der Waals surface area contributed by atoms with E-state index >= 15 is 0 Å². The molecule has 0 radical (unpaired) electrons. The maximum atomic E-state index is 3.72. The van der Waals surface area contributed by atoms with Crippen LogP contribution in [-0.2, 0) is 12.8 Å². The molecule has 1 aliphatic carbocycles. The van der Waals surface area contributed by atoms with Gasteiger partial charge in [-0.2, -0.15) is 0 Å². The Morgan fingerprint density at radius 1 is 1.17 bits per heavy atom. The second kappa shape index (κ2) is 5.75. The Labute approximate surface area is 110 Å². The largest absolute Gasteiger partial charge is 0.384 e. The summed E-state index contributed by atoms with van der Waals surface area (Å²) < 4.78 is 0. The fourth-order valence-electron chi connectivity index (χ4n) is 3.24. The first-order chi connectivity index (χ1) is 8.92. The van der Waals surface area contributed by atoms with Crippen LogP contribution < -0.4 is 10.6 Å². The quantitative estimate of drug-likeness (QED) is 0.850. The second-order valence-corrected chi connectivity index (χ2v) is 5.71. The van der Waals surface area contributed by atoms with Crippen molar-refractivity contribution in [3.8, 4) is 0 Å². The summed E-state index contributed by atoms with van der Waals surface area (Å²) in [5, 5.41) is 7.14. The summed E-state index contributed by atoms with van der Waals surface area (Å²) in [7, 11) is 0. The van der Waals surface area contributed by atoms with Gasteiger partial charge in [0.05, 0.1) is 0 Å². The van der Waals surface area contributed by atoms with Crippen LogP contribution >= 0.6 is 0 Å². The number of hydrogen-bond donors (Lipinski definition) is 2. The minimum atomic E-state index is 0.787. The van der Waals surface area contributed by atoms with Gasteiger partial charge in [0.2, 0.25) is 0 Å². The Morgan fingerprint density at radius 3 is 2.94 bits per heavy atom. The lowest BCUT2D eigenvalue weighted by Crippen LogP contribution is -2.32. The van der Waals surface area contributed by atoms with Crippen molar-refractivity contribution in [2.75, 3.05) is 18.4 Å². The Morgan fingerprint density at radius 2 is 2.06 bits per heavy atom. The fourth-order valence-corrected chi connectivity index (χ4v) is 3.24. The highest BCUT2D eigenvalue weighted by Crippen LogP contribution is 2.23. The minimum Gasteiger partial charge on any atom is -0.384 e. The molecule has 1 aromatic carbocycles. The predicted octanol–water partition coefficient (Wildman–Crippen LogP) is 3.12. The molecule has 0 bridgehead atoms. The highest BCUT2D eigenvalue weighted by molar-refractivity contribution is 5.56. The summed E-state index contributed by atoms with van der Waals surface area (Å²) in [6, 6.07) is 7.70. The standard InChI is InChI=1S/C16H24N2/c1-2-4-15(5-3-1)17-10-8-13-6-7-16-14(12-13)9-11-18-16/h6-7,12,15,17-18H,1-5,8-11H2. The Hall–Kier alpha value is -1.02. The van der Waals surface area contributed by atoms with E-state index in [1.165, 1.54) is 61.8 Å². The van der Waals surface area contributed by atoms with Crippen LogP contribution in [0.3, 0.4) is 0 Å². The van der Waals surface area contributed by atoms with Gasteiger partial charge in [0, 0.05) is 18.3 Å². The van der Waals surface area contributed by atoms with E-state index in [0.717, 1.165) is 19.1 Å². The molecule has 3 rings (SSSR count). The van der Waals surface area contributed by atoms with E-state index in [1.807, 2.05) is 0 Å². The monoisotopic (exact) mass is 244 g/mol. The van der Waals surface area contributed by atoms with Crippen LogP contribution in [0.5, 0.6) is 0 Å². The summed E-state index contributed by atoms with van der Waals surface area (Å²) in [6.07, 6.45) is 9.41. The SMILES string of the molecule is c1cc2c(cc1CCNC1CCCCC1)CCN2.